The minimum atomic E-state index is -4.71. The summed E-state index contributed by atoms with van der Waals surface area (Å²) in [5.74, 6) is 0.659. The zero-order chi connectivity index (χ0) is 13.6. The van der Waals surface area contributed by atoms with Crippen LogP contribution in [-0.4, -0.2) is 26.0 Å². The smallest absolute Gasteiger partial charge is 0.485 e. The molecular formula is C11H13F3N2O2. The molecule has 0 spiro atoms. The maximum Gasteiger partial charge on any atom is 0.485 e. The number of nitrogens with one attached hydrogen (secondary N) is 2. The SMILES string of the molecule is COc1cccc(CCNC(=O)NC(F)(F)F)c1. The van der Waals surface area contributed by atoms with E-state index in [1.54, 1.807) is 24.3 Å². The molecule has 7 heteroatoms. The molecule has 2 amide bonds. The fourth-order valence-electron chi connectivity index (χ4n) is 1.32. The van der Waals surface area contributed by atoms with E-state index >= 15 is 0 Å². The summed E-state index contributed by atoms with van der Waals surface area (Å²) >= 11 is 0. The number of hydrogen-bond acceptors (Lipinski definition) is 2. The quantitative estimate of drug-likeness (QED) is 0.816. The van der Waals surface area contributed by atoms with E-state index in [-0.39, 0.29) is 6.54 Å². The van der Waals surface area contributed by atoms with E-state index in [0.717, 1.165) is 10.9 Å². The van der Waals surface area contributed by atoms with Crippen LogP contribution in [-0.2, 0) is 6.42 Å². The Labute approximate surface area is 102 Å². The average molecular weight is 262 g/mol. The Balaban J connectivity index is 2.35. The summed E-state index contributed by atoms with van der Waals surface area (Å²) < 4.78 is 40.3. The van der Waals surface area contributed by atoms with Gasteiger partial charge < -0.3 is 10.1 Å². The van der Waals surface area contributed by atoms with E-state index in [1.807, 2.05) is 0 Å². The van der Waals surface area contributed by atoms with Crippen molar-refractivity contribution in [3.63, 3.8) is 0 Å². The van der Waals surface area contributed by atoms with Gasteiger partial charge in [0.15, 0.2) is 0 Å². The van der Waals surface area contributed by atoms with Gasteiger partial charge in [-0.1, -0.05) is 12.1 Å². The highest BCUT2D eigenvalue weighted by Gasteiger charge is 2.29. The van der Waals surface area contributed by atoms with E-state index < -0.39 is 12.3 Å². The van der Waals surface area contributed by atoms with Crippen molar-refractivity contribution in [3.05, 3.63) is 29.8 Å². The number of ether oxygens (including phenoxy) is 1. The molecule has 4 nitrogen and oxygen atoms in total. The molecule has 0 aromatic heterocycles. The first-order valence-corrected chi connectivity index (χ1v) is 5.16. The maximum atomic E-state index is 11.8. The van der Waals surface area contributed by atoms with Gasteiger partial charge in [-0.2, -0.15) is 13.2 Å². The Bertz CT molecular complexity index is 408. The van der Waals surface area contributed by atoms with Crippen molar-refractivity contribution in [1.82, 2.24) is 10.6 Å². The summed E-state index contributed by atoms with van der Waals surface area (Å²) in [4.78, 5) is 10.8. The van der Waals surface area contributed by atoms with E-state index in [4.69, 9.17) is 4.74 Å². The Hall–Kier alpha value is -1.92. The van der Waals surface area contributed by atoms with Gasteiger partial charge in [0.05, 0.1) is 7.11 Å². The largest absolute Gasteiger partial charge is 0.497 e. The first kappa shape index (κ1) is 14.1. The minimum Gasteiger partial charge on any atom is -0.497 e. The number of methoxy groups -OCH3 is 1. The maximum absolute atomic E-state index is 11.8. The fraction of sp³-hybridized carbons (Fsp3) is 0.364. The van der Waals surface area contributed by atoms with Crippen LogP contribution in [0.3, 0.4) is 0 Å². The Morgan fingerprint density at radius 3 is 2.72 bits per heavy atom. The first-order chi connectivity index (χ1) is 8.40. The van der Waals surface area contributed by atoms with Crippen molar-refractivity contribution < 1.29 is 22.7 Å². The van der Waals surface area contributed by atoms with Crippen LogP contribution in [0.4, 0.5) is 18.0 Å². The average Bonchev–Trinajstić information content (AvgIpc) is 2.27. The van der Waals surface area contributed by atoms with Crippen LogP contribution in [0.1, 0.15) is 5.56 Å². The predicted molar refractivity (Wildman–Crippen MR) is 59.3 cm³/mol. The molecule has 0 aliphatic heterocycles. The molecule has 0 heterocycles. The molecule has 1 aromatic rings. The summed E-state index contributed by atoms with van der Waals surface area (Å²) in [7, 11) is 1.52. The second kappa shape index (κ2) is 6.13. The van der Waals surface area contributed by atoms with Crippen molar-refractivity contribution in [2.24, 2.45) is 0 Å². The molecule has 0 radical (unpaired) electrons. The van der Waals surface area contributed by atoms with Gasteiger partial charge in [-0.05, 0) is 24.1 Å². The number of urea groups is 1. The fourth-order valence-corrected chi connectivity index (χ4v) is 1.32. The monoisotopic (exact) mass is 262 g/mol. The molecule has 18 heavy (non-hydrogen) atoms. The molecule has 0 fully saturated rings. The third-order valence-corrected chi connectivity index (χ3v) is 2.09. The van der Waals surface area contributed by atoms with Crippen molar-refractivity contribution >= 4 is 6.03 Å². The molecule has 2 N–H and O–H groups in total. The normalized spacial score (nSPS) is 10.9. The van der Waals surface area contributed by atoms with Crippen molar-refractivity contribution in [1.29, 1.82) is 0 Å². The van der Waals surface area contributed by atoms with E-state index in [0.29, 0.717) is 12.2 Å². The number of benzene rings is 1. The van der Waals surface area contributed by atoms with Crippen molar-refractivity contribution in [2.75, 3.05) is 13.7 Å². The second-order valence-electron chi connectivity index (χ2n) is 3.48. The molecule has 0 aliphatic carbocycles. The zero-order valence-corrected chi connectivity index (χ0v) is 9.67. The molecular weight excluding hydrogens is 249 g/mol. The minimum absolute atomic E-state index is 0.106. The van der Waals surface area contributed by atoms with Crippen molar-refractivity contribution in [2.45, 2.75) is 12.7 Å². The number of amides is 2. The second-order valence-corrected chi connectivity index (χ2v) is 3.48. The van der Waals surface area contributed by atoms with Gasteiger partial charge in [-0.25, -0.2) is 10.1 Å². The molecule has 1 rings (SSSR count). The van der Waals surface area contributed by atoms with Gasteiger partial charge in [0, 0.05) is 6.54 Å². The molecule has 100 valence electrons. The lowest BCUT2D eigenvalue weighted by Crippen LogP contribution is -2.44. The number of halogens is 3. The van der Waals surface area contributed by atoms with Gasteiger partial charge in [0.2, 0.25) is 0 Å². The topological polar surface area (TPSA) is 50.4 Å². The summed E-state index contributed by atoms with van der Waals surface area (Å²) in [5, 5.41) is 2.97. The molecule has 0 saturated heterocycles. The molecule has 0 unspecified atom stereocenters. The van der Waals surface area contributed by atoms with E-state index in [1.165, 1.54) is 7.11 Å². The van der Waals surface area contributed by atoms with Crippen LogP contribution in [0, 0.1) is 0 Å². The van der Waals surface area contributed by atoms with Gasteiger partial charge in [0.25, 0.3) is 0 Å². The molecule has 0 saturated carbocycles. The van der Waals surface area contributed by atoms with E-state index in [2.05, 4.69) is 5.32 Å². The Morgan fingerprint density at radius 2 is 2.11 bits per heavy atom. The van der Waals surface area contributed by atoms with Gasteiger partial charge >= 0.3 is 12.3 Å². The first-order valence-electron chi connectivity index (χ1n) is 5.16. The molecule has 0 aliphatic rings. The van der Waals surface area contributed by atoms with Crippen LogP contribution >= 0.6 is 0 Å². The summed E-state index contributed by atoms with van der Waals surface area (Å²) in [6.07, 6.45) is -4.29. The number of rotatable bonds is 4. The lowest BCUT2D eigenvalue weighted by molar-refractivity contribution is -0.145. The number of carbonyl (C=O) groups is 1. The number of hydrogen-bond donors (Lipinski definition) is 2. The van der Waals surface area contributed by atoms with Crippen LogP contribution in [0.2, 0.25) is 0 Å². The third kappa shape index (κ3) is 5.42. The third-order valence-electron chi connectivity index (χ3n) is 2.09. The van der Waals surface area contributed by atoms with Crippen LogP contribution in [0.25, 0.3) is 0 Å². The van der Waals surface area contributed by atoms with Crippen LogP contribution in [0.15, 0.2) is 24.3 Å². The van der Waals surface area contributed by atoms with Gasteiger partial charge in [-0.15, -0.1) is 0 Å². The standard InChI is InChI=1S/C11H13F3N2O2/c1-18-9-4-2-3-8(7-9)5-6-15-10(17)16-11(12,13)14/h2-4,7H,5-6H2,1H3,(H2,15,16,17). The molecule has 1 aromatic carbocycles. The Kier molecular flexibility index (Phi) is 4.82. The Morgan fingerprint density at radius 1 is 1.39 bits per heavy atom. The summed E-state index contributed by atoms with van der Waals surface area (Å²) in [6.45, 7) is 0.106. The van der Waals surface area contributed by atoms with Crippen LogP contribution in [0.5, 0.6) is 5.75 Å². The predicted octanol–water partition coefficient (Wildman–Crippen LogP) is 2.06. The van der Waals surface area contributed by atoms with E-state index in [9.17, 15) is 18.0 Å². The lowest BCUT2D eigenvalue weighted by Gasteiger charge is -2.10. The van der Waals surface area contributed by atoms with Gasteiger partial charge in [-0.3, -0.25) is 0 Å². The number of carbonyl (C=O) groups excluding carboxylic acids is 1. The highest BCUT2D eigenvalue weighted by Crippen LogP contribution is 2.12. The zero-order valence-electron chi connectivity index (χ0n) is 9.67. The summed E-state index contributed by atoms with van der Waals surface area (Å²) in [5.41, 5.74) is 0.863. The van der Waals surface area contributed by atoms with Crippen molar-refractivity contribution in [3.8, 4) is 5.75 Å². The molecule has 0 atom stereocenters. The van der Waals surface area contributed by atoms with Gasteiger partial charge in [0.1, 0.15) is 5.75 Å². The molecule has 0 bridgehead atoms. The number of alkyl halides is 3. The summed E-state index contributed by atoms with van der Waals surface area (Å²) in [6, 6.07) is 5.82. The highest BCUT2D eigenvalue weighted by atomic mass is 19.4. The highest BCUT2D eigenvalue weighted by molar-refractivity contribution is 5.74. The lowest BCUT2D eigenvalue weighted by atomic mass is 10.1. The van der Waals surface area contributed by atoms with Crippen LogP contribution < -0.4 is 15.4 Å².